The van der Waals surface area contributed by atoms with Crippen molar-refractivity contribution < 1.29 is 14.3 Å². The van der Waals surface area contributed by atoms with E-state index >= 15 is 0 Å². The molecular formula is C11H10BrNO3. The number of halogens is 1. The summed E-state index contributed by atoms with van der Waals surface area (Å²) in [4.78, 5) is 23.0. The van der Waals surface area contributed by atoms with Gasteiger partial charge in [-0.15, -0.1) is 0 Å². The number of amides is 1. The van der Waals surface area contributed by atoms with Gasteiger partial charge in [0.1, 0.15) is 5.75 Å². The fourth-order valence-electron chi connectivity index (χ4n) is 1.69. The zero-order valence-corrected chi connectivity index (χ0v) is 10.5. The molecule has 1 heterocycles. The van der Waals surface area contributed by atoms with Crippen LogP contribution in [0.5, 0.6) is 5.75 Å². The second-order valence-electron chi connectivity index (χ2n) is 3.45. The monoisotopic (exact) mass is 283 g/mol. The number of carbonyl (C=O) groups excluding carboxylic acids is 2. The number of benzene rings is 1. The van der Waals surface area contributed by atoms with E-state index in [0.717, 1.165) is 10.0 Å². The summed E-state index contributed by atoms with van der Waals surface area (Å²) in [6, 6.07) is 1.76. The normalized spacial score (nSPS) is 13.7. The molecule has 16 heavy (non-hydrogen) atoms. The maximum Gasteiger partial charge on any atom is 0.296 e. The van der Waals surface area contributed by atoms with Gasteiger partial charge in [0.2, 0.25) is 0 Å². The van der Waals surface area contributed by atoms with E-state index in [0.29, 0.717) is 23.6 Å². The van der Waals surface area contributed by atoms with Crippen LogP contribution in [-0.4, -0.2) is 18.3 Å². The lowest BCUT2D eigenvalue weighted by Gasteiger charge is -2.11. The van der Waals surface area contributed by atoms with Gasteiger partial charge < -0.3 is 10.1 Å². The average molecular weight is 284 g/mol. The van der Waals surface area contributed by atoms with Gasteiger partial charge in [0.25, 0.3) is 11.7 Å². The molecule has 1 aliphatic rings. The van der Waals surface area contributed by atoms with Gasteiger partial charge in [-0.1, -0.05) is 15.9 Å². The maximum absolute atomic E-state index is 11.6. The molecule has 0 aliphatic carbocycles. The minimum atomic E-state index is -0.600. The number of Topliss-reactive ketones (excluding diaryl/α,β-unsaturated/α-hetero) is 1. The van der Waals surface area contributed by atoms with E-state index in [2.05, 4.69) is 21.2 Å². The van der Waals surface area contributed by atoms with Crippen LogP contribution in [0.15, 0.2) is 10.5 Å². The third-order valence-electron chi connectivity index (χ3n) is 2.46. The lowest BCUT2D eigenvalue weighted by Crippen LogP contribution is -2.13. The van der Waals surface area contributed by atoms with Crippen molar-refractivity contribution in [2.75, 3.05) is 11.9 Å². The molecular weight excluding hydrogens is 274 g/mol. The molecule has 0 atom stereocenters. The third-order valence-corrected chi connectivity index (χ3v) is 3.28. The highest BCUT2D eigenvalue weighted by molar-refractivity contribution is 9.10. The molecule has 0 unspecified atom stereocenters. The van der Waals surface area contributed by atoms with E-state index in [1.807, 2.05) is 6.92 Å². The van der Waals surface area contributed by atoms with Crippen LogP contribution in [-0.2, 0) is 4.79 Å². The van der Waals surface area contributed by atoms with E-state index in [1.165, 1.54) is 0 Å². The molecule has 4 nitrogen and oxygen atoms in total. The van der Waals surface area contributed by atoms with E-state index < -0.39 is 11.7 Å². The second kappa shape index (κ2) is 3.90. The summed E-state index contributed by atoms with van der Waals surface area (Å²) in [6.45, 7) is 4.11. The van der Waals surface area contributed by atoms with Gasteiger partial charge in [-0.3, -0.25) is 9.59 Å². The largest absolute Gasteiger partial charge is 0.492 e. The summed E-state index contributed by atoms with van der Waals surface area (Å²) >= 11 is 3.35. The van der Waals surface area contributed by atoms with Crippen molar-refractivity contribution >= 4 is 33.3 Å². The Balaban J connectivity index is 2.67. The van der Waals surface area contributed by atoms with Gasteiger partial charge in [0, 0.05) is 4.47 Å². The number of anilines is 1. The summed E-state index contributed by atoms with van der Waals surface area (Å²) in [7, 11) is 0. The van der Waals surface area contributed by atoms with E-state index in [-0.39, 0.29) is 0 Å². The second-order valence-corrected chi connectivity index (χ2v) is 4.30. The van der Waals surface area contributed by atoms with Crippen LogP contribution >= 0.6 is 15.9 Å². The molecule has 0 bridgehead atoms. The Morgan fingerprint density at radius 2 is 2.12 bits per heavy atom. The number of hydrogen-bond donors (Lipinski definition) is 1. The van der Waals surface area contributed by atoms with Crippen molar-refractivity contribution in [2.45, 2.75) is 13.8 Å². The molecule has 0 spiro atoms. The van der Waals surface area contributed by atoms with Gasteiger partial charge in [-0.05, 0) is 25.5 Å². The highest BCUT2D eigenvalue weighted by Gasteiger charge is 2.33. The number of nitrogens with one attached hydrogen (secondary N) is 1. The predicted octanol–water partition coefficient (Wildman–Crippen LogP) is 2.29. The topological polar surface area (TPSA) is 55.4 Å². The Morgan fingerprint density at radius 3 is 2.75 bits per heavy atom. The van der Waals surface area contributed by atoms with E-state index in [1.54, 1.807) is 13.0 Å². The Labute approximate surface area is 101 Å². The minimum Gasteiger partial charge on any atom is -0.492 e. The average Bonchev–Trinajstić information content (AvgIpc) is 2.53. The molecule has 1 aromatic rings. The van der Waals surface area contributed by atoms with Crippen LogP contribution in [0.4, 0.5) is 5.69 Å². The number of rotatable bonds is 2. The first-order valence-electron chi connectivity index (χ1n) is 4.87. The predicted molar refractivity (Wildman–Crippen MR) is 63.0 cm³/mol. The molecule has 0 saturated carbocycles. The van der Waals surface area contributed by atoms with Crippen molar-refractivity contribution in [3.63, 3.8) is 0 Å². The number of hydrogen-bond acceptors (Lipinski definition) is 3. The van der Waals surface area contributed by atoms with Crippen LogP contribution in [0.1, 0.15) is 22.8 Å². The van der Waals surface area contributed by atoms with E-state index in [4.69, 9.17) is 4.74 Å². The molecule has 0 aromatic heterocycles. The summed E-state index contributed by atoms with van der Waals surface area (Å²) in [5.74, 6) is -0.582. The van der Waals surface area contributed by atoms with Crippen LogP contribution in [0.25, 0.3) is 0 Å². The fraction of sp³-hybridized carbons (Fsp3) is 0.273. The first kappa shape index (κ1) is 11.1. The SMILES string of the molecule is CCOc1cc(Br)c(C)c2c1NC(=O)C2=O. The molecule has 0 fully saturated rings. The maximum atomic E-state index is 11.6. The number of ether oxygens (including phenoxy) is 1. The standard InChI is InChI=1S/C11H10BrNO3/c1-3-16-7-4-6(12)5(2)8-9(7)13-11(15)10(8)14/h4H,3H2,1-2H3,(H,13,14,15). The first-order valence-corrected chi connectivity index (χ1v) is 5.67. The summed E-state index contributed by atoms with van der Waals surface area (Å²) in [5, 5.41) is 2.53. The molecule has 1 aromatic carbocycles. The number of ketones is 1. The first-order chi connectivity index (χ1) is 7.56. The van der Waals surface area contributed by atoms with Crippen molar-refractivity contribution in [2.24, 2.45) is 0 Å². The number of fused-ring (bicyclic) bond motifs is 1. The third kappa shape index (κ3) is 1.51. The van der Waals surface area contributed by atoms with Crippen molar-refractivity contribution in [1.82, 2.24) is 0 Å². The Kier molecular flexibility index (Phi) is 2.71. The van der Waals surface area contributed by atoms with Crippen LogP contribution in [0.3, 0.4) is 0 Å². The van der Waals surface area contributed by atoms with Crippen LogP contribution in [0.2, 0.25) is 0 Å². The van der Waals surface area contributed by atoms with Gasteiger partial charge in [-0.25, -0.2) is 0 Å². The Morgan fingerprint density at radius 1 is 1.44 bits per heavy atom. The summed E-state index contributed by atoms with van der Waals surface area (Å²) in [6.07, 6.45) is 0. The quantitative estimate of drug-likeness (QED) is 0.848. The van der Waals surface area contributed by atoms with Gasteiger partial charge >= 0.3 is 0 Å². The molecule has 2 rings (SSSR count). The lowest BCUT2D eigenvalue weighted by molar-refractivity contribution is -0.112. The minimum absolute atomic E-state index is 0.405. The van der Waals surface area contributed by atoms with Crippen molar-refractivity contribution in [3.8, 4) is 5.75 Å². The molecule has 5 heteroatoms. The van der Waals surface area contributed by atoms with Crippen molar-refractivity contribution in [3.05, 3.63) is 21.7 Å². The van der Waals surface area contributed by atoms with Gasteiger partial charge in [0.05, 0.1) is 17.9 Å². The lowest BCUT2D eigenvalue weighted by atomic mass is 10.0. The van der Waals surface area contributed by atoms with E-state index in [9.17, 15) is 9.59 Å². The molecule has 1 amide bonds. The van der Waals surface area contributed by atoms with Crippen molar-refractivity contribution in [1.29, 1.82) is 0 Å². The highest BCUT2D eigenvalue weighted by Crippen LogP contribution is 2.39. The molecule has 0 radical (unpaired) electrons. The molecule has 1 aliphatic heterocycles. The molecule has 1 N–H and O–H groups in total. The van der Waals surface area contributed by atoms with Gasteiger partial charge in [-0.2, -0.15) is 0 Å². The fourth-order valence-corrected chi connectivity index (χ4v) is 2.09. The number of carbonyl (C=O) groups is 2. The highest BCUT2D eigenvalue weighted by atomic mass is 79.9. The summed E-state index contributed by atoms with van der Waals surface area (Å²) < 4.78 is 6.15. The molecule has 84 valence electrons. The molecule has 0 saturated heterocycles. The zero-order valence-electron chi connectivity index (χ0n) is 8.89. The van der Waals surface area contributed by atoms with Gasteiger partial charge in [0.15, 0.2) is 0 Å². The van der Waals surface area contributed by atoms with Crippen LogP contribution in [0, 0.1) is 6.92 Å². The summed E-state index contributed by atoms with van der Waals surface area (Å²) in [5.41, 5.74) is 1.64. The Hall–Kier alpha value is -1.36. The Bertz CT molecular complexity index is 496. The van der Waals surface area contributed by atoms with Crippen LogP contribution < -0.4 is 10.1 Å². The smallest absolute Gasteiger partial charge is 0.296 e. The zero-order chi connectivity index (χ0) is 11.9.